The third-order valence-electron chi connectivity index (χ3n) is 6.40. The average Bonchev–Trinajstić information content (AvgIpc) is 2.89. The van der Waals surface area contributed by atoms with Gasteiger partial charge in [-0.1, -0.05) is 60.7 Å². The van der Waals surface area contributed by atoms with E-state index in [9.17, 15) is 4.79 Å². The summed E-state index contributed by atoms with van der Waals surface area (Å²) >= 11 is 0. The average molecular weight is 445 g/mol. The zero-order chi connectivity index (χ0) is 22.9. The van der Waals surface area contributed by atoms with E-state index in [2.05, 4.69) is 51.2 Å². The molecule has 5 heteroatoms. The highest BCUT2D eigenvalue weighted by Crippen LogP contribution is 2.29. The molecule has 0 fully saturated rings. The minimum absolute atomic E-state index is 0.0522. The summed E-state index contributed by atoms with van der Waals surface area (Å²) in [4.78, 5) is 20.1. The van der Waals surface area contributed by atoms with Crippen LogP contribution in [0.5, 0.6) is 0 Å². The molecule has 0 amide bonds. The van der Waals surface area contributed by atoms with Crippen LogP contribution in [0.4, 0.5) is 17.3 Å². The van der Waals surface area contributed by atoms with Gasteiger partial charge >= 0.3 is 0 Å². The molecule has 0 saturated carbocycles. The Balaban J connectivity index is 1.52. The van der Waals surface area contributed by atoms with E-state index in [0.29, 0.717) is 5.39 Å². The maximum Gasteiger partial charge on any atom is 0.193 e. The van der Waals surface area contributed by atoms with Crippen molar-refractivity contribution in [3.63, 3.8) is 0 Å². The first-order valence-corrected chi connectivity index (χ1v) is 11.5. The Labute approximate surface area is 197 Å². The van der Waals surface area contributed by atoms with Crippen LogP contribution in [0.15, 0.2) is 108 Å². The number of benzene rings is 3. The summed E-state index contributed by atoms with van der Waals surface area (Å²) in [6, 6.07) is 32.3. The van der Waals surface area contributed by atoms with Gasteiger partial charge in [0.05, 0.1) is 10.9 Å². The highest BCUT2D eigenvalue weighted by Gasteiger charge is 2.19. The standard InChI is InChI=1S/C29H24N4O/c34-27-18-29(31-23-11-3-1-4-12-23)33(24-13-5-2-6-14-24)26-17-28(30-19-25(26)27)32-16-15-21-9-7-8-10-22(21)20-32/h1-14,17-19,31H,15-16,20H2. The maximum atomic E-state index is 13.1. The van der Waals surface area contributed by atoms with Crippen LogP contribution in [-0.4, -0.2) is 16.1 Å². The van der Waals surface area contributed by atoms with Crippen molar-refractivity contribution in [3.8, 4) is 5.69 Å². The quantitative estimate of drug-likeness (QED) is 0.387. The van der Waals surface area contributed by atoms with Gasteiger partial charge in [0.1, 0.15) is 11.6 Å². The molecule has 0 atom stereocenters. The first-order valence-electron chi connectivity index (χ1n) is 11.5. The fourth-order valence-corrected chi connectivity index (χ4v) is 4.69. The number of hydrogen-bond donors (Lipinski definition) is 1. The molecular weight excluding hydrogens is 420 g/mol. The van der Waals surface area contributed by atoms with Gasteiger partial charge in [0.2, 0.25) is 0 Å². The highest BCUT2D eigenvalue weighted by atomic mass is 16.1. The van der Waals surface area contributed by atoms with E-state index in [0.717, 1.165) is 48.0 Å². The Morgan fingerprint density at radius 3 is 2.29 bits per heavy atom. The maximum absolute atomic E-state index is 13.1. The molecule has 6 rings (SSSR count). The number of rotatable bonds is 4. The van der Waals surface area contributed by atoms with Crippen molar-refractivity contribution in [2.75, 3.05) is 16.8 Å². The lowest BCUT2D eigenvalue weighted by molar-refractivity contribution is 0.721. The molecule has 0 bridgehead atoms. The second-order valence-corrected chi connectivity index (χ2v) is 8.56. The first kappa shape index (κ1) is 20.2. The second kappa shape index (κ2) is 8.52. The number of nitrogens with zero attached hydrogens (tertiary/aromatic N) is 3. The molecule has 0 saturated heterocycles. The Morgan fingerprint density at radius 2 is 1.50 bits per heavy atom. The molecule has 5 nitrogen and oxygen atoms in total. The Hall–Kier alpha value is -4.38. The predicted octanol–water partition coefficient (Wildman–Crippen LogP) is 5.69. The third-order valence-corrected chi connectivity index (χ3v) is 6.40. The van der Waals surface area contributed by atoms with Crippen LogP contribution in [0, 0.1) is 0 Å². The molecule has 2 aromatic heterocycles. The fourth-order valence-electron chi connectivity index (χ4n) is 4.69. The van der Waals surface area contributed by atoms with Crippen molar-refractivity contribution in [2.24, 2.45) is 0 Å². The Kier molecular flexibility index (Phi) is 5.07. The van der Waals surface area contributed by atoms with Gasteiger partial charge < -0.3 is 10.2 Å². The summed E-state index contributed by atoms with van der Waals surface area (Å²) < 4.78 is 2.10. The molecule has 166 valence electrons. The van der Waals surface area contributed by atoms with E-state index in [4.69, 9.17) is 4.98 Å². The molecule has 3 heterocycles. The molecule has 5 aromatic rings. The molecular formula is C29H24N4O. The van der Waals surface area contributed by atoms with Crippen LogP contribution in [0.1, 0.15) is 11.1 Å². The topological polar surface area (TPSA) is 50.2 Å². The van der Waals surface area contributed by atoms with Gasteiger partial charge in [-0.25, -0.2) is 4.98 Å². The van der Waals surface area contributed by atoms with Crippen LogP contribution in [0.2, 0.25) is 0 Å². The molecule has 0 radical (unpaired) electrons. The van der Waals surface area contributed by atoms with E-state index in [1.807, 2.05) is 54.6 Å². The molecule has 3 aromatic carbocycles. The van der Waals surface area contributed by atoms with Gasteiger partial charge in [-0.05, 0) is 41.8 Å². The van der Waals surface area contributed by atoms with Gasteiger partial charge in [-0.2, -0.15) is 0 Å². The van der Waals surface area contributed by atoms with E-state index < -0.39 is 0 Å². The van der Waals surface area contributed by atoms with Crippen molar-refractivity contribution in [1.82, 2.24) is 9.55 Å². The normalized spacial score (nSPS) is 13.0. The number of hydrogen-bond acceptors (Lipinski definition) is 4. The lowest BCUT2D eigenvalue weighted by Crippen LogP contribution is -2.31. The van der Waals surface area contributed by atoms with E-state index in [1.165, 1.54) is 11.1 Å². The lowest BCUT2D eigenvalue weighted by atomic mass is 10.00. The minimum atomic E-state index is -0.0522. The third kappa shape index (κ3) is 3.71. The highest BCUT2D eigenvalue weighted by molar-refractivity contribution is 5.85. The first-order chi connectivity index (χ1) is 16.8. The van der Waals surface area contributed by atoms with Gasteiger partial charge in [0.15, 0.2) is 5.43 Å². The van der Waals surface area contributed by atoms with Crippen molar-refractivity contribution < 1.29 is 0 Å². The van der Waals surface area contributed by atoms with Crippen molar-refractivity contribution in [2.45, 2.75) is 13.0 Å². The molecule has 0 spiro atoms. The summed E-state index contributed by atoms with van der Waals surface area (Å²) in [6.07, 6.45) is 2.70. The van der Waals surface area contributed by atoms with Gasteiger partial charge in [-0.3, -0.25) is 9.36 Å². The Morgan fingerprint density at radius 1 is 0.794 bits per heavy atom. The zero-order valence-corrected chi connectivity index (χ0v) is 18.7. The van der Waals surface area contributed by atoms with Gasteiger partial charge in [0, 0.05) is 42.8 Å². The largest absolute Gasteiger partial charge is 0.352 e. The summed E-state index contributed by atoms with van der Waals surface area (Å²) in [5.74, 6) is 1.60. The van der Waals surface area contributed by atoms with Crippen molar-refractivity contribution in [3.05, 3.63) is 125 Å². The van der Waals surface area contributed by atoms with Crippen LogP contribution in [-0.2, 0) is 13.0 Å². The van der Waals surface area contributed by atoms with Crippen LogP contribution >= 0.6 is 0 Å². The summed E-state index contributed by atoms with van der Waals surface area (Å²) in [5, 5.41) is 4.05. The predicted molar refractivity (Wildman–Crippen MR) is 138 cm³/mol. The minimum Gasteiger partial charge on any atom is -0.352 e. The number of fused-ring (bicyclic) bond motifs is 2. The monoisotopic (exact) mass is 444 g/mol. The van der Waals surface area contributed by atoms with Crippen LogP contribution in [0.25, 0.3) is 16.6 Å². The number of aromatic nitrogens is 2. The number of anilines is 3. The van der Waals surface area contributed by atoms with Gasteiger partial charge in [-0.15, -0.1) is 0 Å². The molecule has 0 unspecified atom stereocenters. The van der Waals surface area contributed by atoms with Crippen LogP contribution < -0.4 is 15.6 Å². The molecule has 34 heavy (non-hydrogen) atoms. The zero-order valence-electron chi connectivity index (χ0n) is 18.7. The number of pyridine rings is 2. The number of nitrogens with one attached hydrogen (secondary N) is 1. The Bertz CT molecular complexity index is 1530. The lowest BCUT2D eigenvalue weighted by Gasteiger charge is -2.30. The van der Waals surface area contributed by atoms with E-state index >= 15 is 0 Å². The fraction of sp³-hybridized carbons (Fsp3) is 0.103. The van der Waals surface area contributed by atoms with E-state index in [1.54, 1.807) is 12.3 Å². The summed E-state index contributed by atoms with van der Waals surface area (Å²) in [7, 11) is 0. The van der Waals surface area contributed by atoms with Crippen molar-refractivity contribution >= 4 is 28.2 Å². The van der Waals surface area contributed by atoms with Gasteiger partial charge in [0.25, 0.3) is 0 Å². The molecule has 1 aliphatic heterocycles. The summed E-state index contributed by atoms with van der Waals surface area (Å²) in [6.45, 7) is 1.71. The second-order valence-electron chi connectivity index (χ2n) is 8.56. The molecule has 1 aliphatic rings. The molecule has 0 aliphatic carbocycles. The summed E-state index contributed by atoms with van der Waals surface area (Å²) in [5.41, 5.74) is 5.41. The van der Waals surface area contributed by atoms with E-state index in [-0.39, 0.29) is 5.43 Å². The SMILES string of the molecule is O=c1cc(Nc2ccccc2)n(-c2ccccc2)c2cc(N3CCc4ccccc4C3)ncc12. The number of para-hydroxylation sites is 2. The molecule has 1 N–H and O–H groups in total. The smallest absolute Gasteiger partial charge is 0.193 e. The van der Waals surface area contributed by atoms with Crippen molar-refractivity contribution in [1.29, 1.82) is 0 Å². The van der Waals surface area contributed by atoms with Crippen LogP contribution in [0.3, 0.4) is 0 Å².